The summed E-state index contributed by atoms with van der Waals surface area (Å²) >= 11 is 3.70. The number of nitrogens with zero attached hydrogens (tertiary/aromatic N) is 3. The van der Waals surface area contributed by atoms with Crippen molar-refractivity contribution in [2.75, 3.05) is 55.8 Å². The Hall–Kier alpha value is -0.790. The number of piperidine rings is 1. The number of carbonyl (C=O) groups excluding carboxylic acids is 1. The summed E-state index contributed by atoms with van der Waals surface area (Å²) in [4.78, 5) is 21.8. The normalized spacial score (nSPS) is 27.8. The molecule has 0 radical (unpaired) electrons. The van der Waals surface area contributed by atoms with Gasteiger partial charge in [0.2, 0.25) is 5.91 Å². The second-order valence-electron chi connectivity index (χ2n) is 7.12. The van der Waals surface area contributed by atoms with Crippen LogP contribution in [-0.4, -0.2) is 66.7 Å². The number of likely N-dealkylation sites (tertiary alicyclic amines) is 1. The molecular formula is C17H25N3O2S2. The van der Waals surface area contributed by atoms with Crippen molar-refractivity contribution in [1.29, 1.82) is 0 Å². The standard InChI is InChI=1S/C17H25N3O2S2/c21-15(20-4-1-2-17(12-20)3-9-23-13-17)10-14-11-24-16(18-14)19-5-7-22-8-6-19/h11H,1-10,12-13H2. The second-order valence-corrected chi connectivity index (χ2v) is 9.06. The highest BCUT2D eigenvalue weighted by atomic mass is 32.2. The summed E-state index contributed by atoms with van der Waals surface area (Å²) in [7, 11) is 0. The quantitative estimate of drug-likeness (QED) is 0.820. The van der Waals surface area contributed by atoms with Gasteiger partial charge in [-0.05, 0) is 30.4 Å². The maximum absolute atomic E-state index is 12.7. The Morgan fingerprint density at radius 2 is 2.17 bits per heavy atom. The van der Waals surface area contributed by atoms with Gasteiger partial charge >= 0.3 is 0 Å². The number of aromatic nitrogens is 1. The number of amides is 1. The first-order valence-electron chi connectivity index (χ1n) is 8.87. The number of thioether (sulfide) groups is 1. The molecule has 0 aliphatic carbocycles. The van der Waals surface area contributed by atoms with Gasteiger partial charge in [-0.25, -0.2) is 4.98 Å². The summed E-state index contributed by atoms with van der Waals surface area (Å²) < 4.78 is 5.39. The van der Waals surface area contributed by atoms with E-state index in [1.807, 2.05) is 5.38 Å². The summed E-state index contributed by atoms with van der Waals surface area (Å²) in [6.45, 7) is 5.20. The van der Waals surface area contributed by atoms with Gasteiger partial charge in [-0.2, -0.15) is 11.8 Å². The van der Waals surface area contributed by atoms with Gasteiger partial charge in [0.25, 0.3) is 0 Å². The predicted octanol–water partition coefficient (Wildman–Crippen LogP) is 2.27. The van der Waals surface area contributed by atoms with Crippen molar-refractivity contribution in [2.45, 2.75) is 25.7 Å². The average Bonchev–Trinajstić information content (AvgIpc) is 3.26. The Labute approximate surface area is 151 Å². The number of morpholine rings is 1. The molecule has 4 heterocycles. The van der Waals surface area contributed by atoms with Crippen LogP contribution in [-0.2, 0) is 16.0 Å². The maximum atomic E-state index is 12.7. The molecule has 1 amide bonds. The molecule has 132 valence electrons. The third-order valence-corrected chi connectivity index (χ3v) is 7.61. The van der Waals surface area contributed by atoms with Crippen molar-refractivity contribution in [3.63, 3.8) is 0 Å². The van der Waals surface area contributed by atoms with Crippen molar-refractivity contribution in [2.24, 2.45) is 5.41 Å². The van der Waals surface area contributed by atoms with E-state index in [1.165, 1.54) is 24.3 Å². The molecule has 1 unspecified atom stereocenters. The van der Waals surface area contributed by atoms with Gasteiger partial charge in [-0.3, -0.25) is 4.79 Å². The van der Waals surface area contributed by atoms with Crippen LogP contribution in [0.25, 0.3) is 0 Å². The van der Waals surface area contributed by atoms with Crippen LogP contribution in [0.1, 0.15) is 25.0 Å². The van der Waals surface area contributed by atoms with Crippen LogP contribution in [0.2, 0.25) is 0 Å². The number of hydrogen-bond donors (Lipinski definition) is 0. The fourth-order valence-electron chi connectivity index (χ4n) is 3.94. The number of hydrogen-bond acceptors (Lipinski definition) is 6. The van der Waals surface area contributed by atoms with E-state index < -0.39 is 0 Å². The topological polar surface area (TPSA) is 45.7 Å². The van der Waals surface area contributed by atoms with E-state index in [-0.39, 0.29) is 5.91 Å². The van der Waals surface area contributed by atoms with E-state index in [0.29, 0.717) is 11.8 Å². The van der Waals surface area contributed by atoms with Crippen molar-refractivity contribution in [1.82, 2.24) is 9.88 Å². The molecule has 5 nitrogen and oxygen atoms in total. The van der Waals surface area contributed by atoms with Crippen LogP contribution >= 0.6 is 23.1 Å². The molecule has 0 aromatic carbocycles. The van der Waals surface area contributed by atoms with Crippen LogP contribution in [0.15, 0.2) is 5.38 Å². The molecule has 0 bridgehead atoms. The summed E-state index contributed by atoms with van der Waals surface area (Å²) in [6.07, 6.45) is 4.17. The van der Waals surface area contributed by atoms with Gasteiger partial charge in [-0.1, -0.05) is 0 Å². The van der Waals surface area contributed by atoms with Crippen LogP contribution in [0, 0.1) is 5.41 Å². The monoisotopic (exact) mass is 367 g/mol. The van der Waals surface area contributed by atoms with E-state index in [4.69, 9.17) is 9.72 Å². The minimum atomic E-state index is 0.254. The molecule has 1 atom stereocenters. The minimum Gasteiger partial charge on any atom is -0.378 e. The Morgan fingerprint density at radius 1 is 1.29 bits per heavy atom. The molecular weight excluding hydrogens is 342 g/mol. The van der Waals surface area contributed by atoms with Gasteiger partial charge in [0.1, 0.15) is 0 Å². The van der Waals surface area contributed by atoms with Crippen LogP contribution in [0.5, 0.6) is 0 Å². The first-order valence-corrected chi connectivity index (χ1v) is 10.9. The molecule has 24 heavy (non-hydrogen) atoms. The van der Waals surface area contributed by atoms with Gasteiger partial charge < -0.3 is 14.5 Å². The van der Waals surface area contributed by atoms with Gasteiger partial charge in [0.05, 0.1) is 25.3 Å². The molecule has 1 spiro atoms. The Bertz CT molecular complexity index is 580. The fraction of sp³-hybridized carbons (Fsp3) is 0.765. The predicted molar refractivity (Wildman–Crippen MR) is 99.0 cm³/mol. The molecule has 0 saturated carbocycles. The van der Waals surface area contributed by atoms with Gasteiger partial charge in [0, 0.05) is 37.3 Å². The molecule has 1 aromatic heterocycles. The second kappa shape index (κ2) is 7.22. The van der Waals surface area contributed by atoms with Gasteiger partial charge in [-0.15, -0.1) is 11.3 Å². The fourth-order valence-corrected chi connectivity index (χ4v) is 6.35. The van der Waals surface area contributed by atoms with Crippen molar-refractivity contribution >= 4 is 34.1 Å². The van der Waals surface area contributed by atoms with E-state index in [1.54, 1.807) is 11.3 Å². The first kappa shape index (κ1) is 16.7. The van der Waals surface area contributed by atoms with Crippen LogP contribution in [0.4, 0.5) is 5.13 Å². The number of anilines is 1. The molecule has 7 heteroatoms. The van der Waals surface area contributed by atoms with E-state index in [2.05, 4.69) is 21.6 Å². The average molecular weight is 368 g/mol. The SMILES string of the molecule is O=C(Cc1csc(N2CCOCC2)n1)N1CCCC2(CCSC2)C1. The Balaban J connectivity index is 1.36. The lowest BCUT2D eigenvalue weighted by atomic mass is 9.79. The van der Waals surface area contributed by atoms with Crippen LogP contribution < -0.4 is 4.90 Å². The van der Waals surface area contributed by atoms with Crippen LogP contribution in [0.3, 0.4) is 0 Å². The lowest BCUT2D eigenvalue weighted by molar-refractivity contribution is -0.133. The lowest BCUT2D eigenvalue weighted by Crippen LogP contribution is -2.46. The zero-order valence-corrected chi connectivity index (χ0v) is 15.7. The Kier molecular flexibility index (Phi) is 5.01. The summed E-state index contributed by atoms with van der Waals surface area (Å²) in [6, 6.07) is 0. The third-order valence-electron chi connectivity index (χ3n) is 5.35. The van der Waals surface area contributed by atoms with Crippen molar-refractivity contribution in [3.05, 3.63) is 11.1 Å². The molecule has 3 saturated heterocycles. The number of rotatable bonds is 3. The zero-order chi connectivity index (χ0) is 16.4. The molecule has 0 N–H and O–H groups in total. The largest absolute Gasteiger partial charge is 0.378 e. The molecule has 4 rings (SSSR count). The highest BCUT2D eigenvalue weighted by molar-refractivity contribution is 7.99. The third kappa shape index (κ3) is 3.58. The van der Waals surface area contributed by atoms with Crippen molar-refractivity contribution < 1.29 is 9.53 Å². The number of ether oxygens (including phenoxy) is 1. The van der Waals surface area contributed by atoms with Gasteiger partial charge in [0.15, 0.2) is 5.13 Å². The molecule has 3 aliphatic heterocycles. The van der Waals surface area contributed by atoms with E-state index in [9.17, 15) is 4.79 Å². The number of thiazole rings is 1. The molecule has 1 aromatic rings. The smallest absolute Gasteiger partial charge is 0.228 e. The minimum absolute atomic E-state index is 0.254. The number of carbonyl (C=O) groups is 1. The van der Waals surface area contributed by atoms with Crippen molar-refractivity contribution in [3.8, 4) is 0 Å². The zero-order valence-electron chi connectivity index (χ0n) is 14.0. The summed E-state index contributed by atoms with van der Waals surface area (Å²) in [5.74, 6) is 2.75. The maximum Gasteiger partial charge on any atom is 0.228 e. The Morgan fingerprint density at radius 3 is 2.96 bits per heavy atom. The molecule has 3 aliphatic rings. The summed E-state index contributed by atoms with van der Waals surface area (Å²) in [5.41, 5.74) is 1.33. The summed E-state index contributed by atoms with van der Waals surface area (Å²) in [5, 5.41) is 3.08. The molecule has 3 fully saturated rings. The highest BCUT2D eigenvalue weighted by Gasteiger charge is 2.39. The highest BCUT2D eigenvalue weighted by Crippen LogP contribution is 2.42. The first-order chi connectivity index (χ1) is 11.7. The lowest BCUT2D eigenvalue weighted by Gasteiger charge is -2.40. The van der Waals surface area contributed by atoms with E-state index in [0.717, 1.165) is 56.6 Å². The van der Waals surface area contributed by atoms with E-state index >= 15 is 0 Å².